The van der Waals surface area contributed by atoms with Gasteiger partial charge in [0.15, 0.2) is 0 Å². The number of rotatable bonds is 4. The van der Waals surface area contributed by atoms with Crippen molar-refractivity contribution in [1.82, 2.24) is 4.90 Å². The summed E-state index contributed by atoms with van der Waals surface area (Å²) in [6.07, 6.45) is 2.94. The Balaban J connectivity index is 1.37. The number of anilines is 2. The summed E-state index contributed by atoms with van der Waals surface area (Å²) in [6.45, 7) is 6.93. The predicted molar refractivity (Wildman–Crippen MR) is 105 cm³/mol. The molecule has 3 unspecified atom stereocenters. The van der Waals surface area contributed by atoms with Gasteiger partial charge in [-0.25, -0.2) is 0 Å². The van der Waals surface area contributed by atoms with E-state index in [9.17, 15) is 9.59 Å². The first-order chi connectivity index (χ1) is 13.1. The Bertz CT molecular complexity index is 702. The second-order valence-electron chi connectivity index (χ2n) is 8.09. The van der Waals surface area contributed by atoms with Gasteiger partial charge in [-0.1, -0.05) is 19.1 Å². The van der Waals surface area contributed by atoms with Gasteiger partial charge in [-0.05, 0) is 37.3 Å². The lowest BCUT2D eigenvalue weighted by Gasteiger charge is -2.31. The maximum Gasteiger partial charge on any atom is 0.228 e. The highest BCUT2D eigenvalue weighted by Gasteiger charge is 2.49. The fourth-order valence-corrected chi connectivity index (χ4v) is 4.27. The first-order valence-electron chi connectivity index (χ1n) is 10.1. The van der Waals surface area contributed by atoms with Gasteiger partial charge in [-0.15, -0.1) is 0 Å². The lowest BCUT2D eigenvalue weighted by atomic mass is 10.00. The molecular formula is C21H29N3O3. The van der Waals surface area contributed by atoms with Gasteiger partial charge in [0.1, 0.15) is 0 Å². The van der Waals surface area contributed by atoms with E-state index in [0.29, 0.717) is 25.6 Å². The Morgan fingerprint density at radius 1 is 1.11 bits per heavy atom. The molecule has 3 fully saturated rings. The van der Waals surface area contributed by atoms with E-state index >= 15 is 0 Å². The third kappa shape index (κ3) is 4.10. The summed E-state index contributed by atoms with van der Waals surface area (Å²) in [4.78, 5) is 29.7. The van der Waals surface area contributed by atoms with E-state index in [2.05, 4.69) is 17.1 Å². The molecule has 1 aromatic rings. The number of carbonyl (C=O) groups is 2. The second-order valence-corrected chi connectivity index (χ2v) is 8.09. The molecule has 2 aliphatic heterocycles. The van der Waals surface area contributed by atoms with Gasteiger partial charge in [0.2, 0.25) is 11.8 Å². The Kier molecular flexibility index (Phi) is 5.34. The third-order valence-electron chi connectivity index (χ3n) is 5.93. The molecule has 0 radical (unpaired) electrons. The van der Waals surface area contributed by atoms with Gasteiger partial charge < -0.3 is 19.9 Å². The molecule has 0 spiro atoms. The molecule has 27 heavy (non-hydrogen) atoms. The molecule has 0 aromatic heterocycles. The van der Waals surface area contributed by atoms with E-state index in [1.807, 2.05) is 29.2 Å². The van der Waals surface area contributed by atoms with Crippen LogP contribution < -0.4 is 10.2 Å². The van der Waals surface area contributed by atoms with Crippen molar-refractivity contribution in [1.29, 1.82) is 0 Å². The van der Waals surface area contributed by atoms with E-state index in [4.69, 9.17) is 4.74 Å². The van der Waals surface area contributed by atoms with Crippen LogP contribution in [0.3, 0.4) is 0 Å². The average Bonchev–Trinajstić information content (AvgIpc) is 3.49. The summed E-state index contributed by atoms with van der Waals surface area (Å²) in [5.74, 6) is 0.384. The van der Waals surface area contributed by atoms with Crippen molar-refractivity contribution in [2.24, 2.45) is 17.8 Å². The van der Waals surface area contributed by atoms with E-state index in [1.54, 1.807) is 0 Å². The Morgan fingerprint density at radius 3 is 2.67 bits per heavy atom. The minimum Gasteiger partial charge on any atom is -0.378 e. The topological polar surface area (TPSA) is 61.9 Å². The molecule has 0 bridgehead atoms. The smallest absolute Gasteiger partial charge is 0.228 e. The van der Waals surface area contributed by atoms with Gasteiger partial charge in [0, 0.05) is 26.2 Å². The van der Waals surface area contributed by atoms with Crippen molar-refractivity contribution >= 4 is 23.2 Å². The minimum absolute atomic E-state index is 0.0286. The van der Waals surface area contributed by atoms with E-state index < -0.39 is 0 Å². The van der Waals surface area contributed by atoms with Crippen LogP contribution in [0.4, 0.5) is 11.4 Å². The molecular weight excluding hydrogens is 342 g/mol. The van der Waals surface area contributed by atoms with Crippen LogP contribution in [-0.4, -0.2) is 56.1 Å². The van der Waals surface area contributed by atoms with Crippen LogP contribution in [0.2, 0.25) is 0 Å². The molecule has 1 N–H and O–H groups in total. The van der Waals surface area contributed by atoms with Crippen molar-refractivity contribution < 1.29 is 14.3 Å². The van der Waals surface area contributed by atoms with E-state index in [0.717, 1.165) is 44.0 Å². The number of hydrogen-bond donors (Lipinski definition) is 1. The fraction of sp³-hybridized carbons (Fsp3) is 0.619. The van der Waals surface area contributed by atoms with Gasteiger partial charge in [-0.3, -0.25) is 9.59 Å². The first-order valence-corrected chi connectivity index (χ1v) is 10.1. The van der Waals surface area contributed by atoms with Crippen molar-refractivity contribution in [3.05, 3.63) is 24.3 Å². The normalized spacial score (nSPS) is 28.0. The zero-order valence-electron chi connectivity index (χ0n) is 16.0. The number of nitrogens with one attached hydrogen (secondary N) is 1. The van der Waals surface area contributed by atoms with Crippen molar-refractivity contribution in [3.8, 4) is 0 Å². The zero-order chi connectivity index (χ0) is 18.8. The molecule has 6 nitrogen and oxygen atoms in total. The van der Waals surface area contributed by atoms with Gasteiger partial charge >= 0.3 is 0 Å². The number of likely N-dealkylation sites (tertiary alicyclic amines) is 1. The Hall–Kier alpha value is -2.08. The van der Waals surface area contributed by atoms with Crippen LogP contribution in [0.25, 0.3) is 0 Å². The Labute approximate surface area is 160 Å². The molecule has 2 amide bonds. The highest BCUT2D eigenvalue weighted by atomic mass is 16.5. The number of amides is 2. The molecule has 3 atom stereocenters. The number of para-hydroxylation sites is 2. The molecule has 4 rings (SSSR count). The molecule has 2 heterocycles. The molecule has 3 aliphatic rings. The SMILES string of the molecule is CC1CCCN(C(=O)C2CC2C(=O)Nc2ccccc2N2CCOCC2)C1. The van der Waals surface area contributed by atoms with Crippen molar-refractivity contribution in [2.45, 2.75) is 26.2 Å². The number of hydrogen-bond acceptors (Lipinski definition) is 4. The van der Waals surface area contributed by atoms with Crippen LogP contribution in [0, 0.1) is 17.8 Å². The summed E-state index contributed by atoms with van der Waals surface area (Å²) in [5.41, 5.74) is 1.86. The Morgan fingerprint density at radius 2 is 1.89 bits per heavy atom. The largest absolute Gasteiger partial charge is 0.378 e. The summed E-state index contributed by atoms with van der Waals surface area (Å²) in [5, 5.41) is 3.07. The molecule has 2 saturated heterocycles. The van der Waals surface area contributed by atoms with Crippen LogP contribution in [0.15, 0.2) is 24.3 Å². The van der Waals surface area contributed by atoms with Gasteiger partial charge in [0.25, 0.3) is 0 Å². The molecule has 1 aliphatic carbocycles. The second kappa shape index (κ2) is 7.89. The lowest BCUT2D eigenvalue weighted by molar-refractivity contribution is -0.135. The van der Waals surface area contributed by atoms with Crippen LogP contribution in [-0.2, 0) is 14.3 Å². The maximum atomic E-state index is 12.7. The molecule has 146 valence electrons. The van der Waals surface area contributed by atoms with Crippen molar-refractivity contribution in [3.63, 3.8) is 0 Å². The number of morpholine rings is 1. The standard InChI is InChI=1S/C21H29N3O3/c1-15-5-4-8-24(14-15)21(26)17-13-16(17)20(25)22-18-6-2-3-7-19(18)23-9-11-27-12-10-23/h2-3,6-7,15-17H,4-5,8-14H2,1H3,(H,22,25). The van der Waals surface area contributed by atoms with Crippen molar-refractivity contribution in [2.75, 3.05) is 49.6 Å². The van der Waals surface area contributed by atoms with Crippen LogP contribution in [0.5, 0.6) is 0 Å². The van der Waals surface area contributed by atoms with Crippen LogP contribution in [0.1, 0.15) is 26.2 Å². The number of nitrogens with zero attached hydrogens (tertiary/aromatic N) is 2. The van der Waals surface area contributed by atoms with Gasteiger partial charge in [-0.2, -0.15) is 0 Å². The molecule has 1 aromatic carbocycles. The van der Waals surface area contributed by atoms with E-state index in [-0.39, 0.29) is 23.7 Å². The summed E-state index contributed by atoms with van der Waals surface area (Å²) in [7, 11) is 0. The minimum atomic E-state index is -0.188. The first kappa shape index (κ1) is 18.3. The highest BCUT2D eigenvalue weighted by Crippen LogP contribution is 2.42. The lowest BCUT2D eigenvalue weighted by Crippen LogP contribution is -2.40. The number of ether oxygens (including phenoxy) is 1. The third-order valence-corrected chi connectivity index (χ3v) is 5.93. The monoisotopic (exact) mass is 371 g/mol. The molecule has 1 saturated carbocycles. The quantitative estimate of drug-likeness (QED) is 0.883. The molecule has 6 heteroatoms. The summed E-state index contributed by atoms with van der Waals surface area (Å²) < 4.78 is 5.42. The van der Waals surface area contributed by atoms with Crippen LogP contribution >= 0.6 is 0 Å². The number of benzene rings is 1. The van der Waals surface area contributed by atoms with E-state index in [1.165, 1.54) is 6.42 Å². The van der Waals surface area contributed by atoms with Gasteiger partial charge in [0.05, 0.1) is 36.4 Å². The highest BCUT2D eigenvalue weighted by molar-refractivity contribution is 6.01. The summed E-state index contributed by atoms with van der Waals surface area (Å²) >= 11 is 0. The number of carbonyl (C=O) groups excluding carboxylic acids is 2. The number of piperidine rings is 1. The fourth-order valence-electron chi connectivity index (χ4n) is 4.27. The maximum absolute atomic E-state index is 12.7. The summed E-state index contributed by atoms with van der Waals surface area (Å²) in [6, 6.07) is 7.89. The average molecular weight is 371 g/mol. The predicted octanol–water partition coefficient (Wildman–Crippen LogP) is 2.36. The zero-order valence-corrected chi connectivity index (χ0v) is 16.0.